The number of benzene rings is 1. The zero-order chi connectivity index (χ0) is 13.4. The van der Waals surface area contributed by atoms with Gasteiger partial charge in [0.25, 0.3) is 0 Å². The largest absolute Gasteiger partial charge is 0.277 e. The van der Waals surface area contributed by atoms with Gasteiger partial charge in [0.05, 0.1) is 5.25 Å². The van der Waals surface area contributed by atoms with Gasteiger partial charge in [-0.05, 0) is 13.8 Å². The first-order chi connectivity index (χ1) is 7.66. The van der Waals surface area contributed by atoms with E-state index in [4.69, 9.17) is 0 Å². The summed E-state index contributed by atoms with van der Waals surface area (Å²) in [5.74, 6) is -6.92. The van der Waals surface area contributed by atoms with Crippen molar-refractivity contribution in [3.63, 3.8) is 0 Å². The fourth-order valence-electron chi connectivity index (χ4n) is 0.923. The maximum absolute atomic E-state index is 13.1. The maximum Gasteiger partial charge on any atom is 0.235 e. The third-order valence-corrected chi connectivity index (χ3v) is 3.71. The molecule has 8 heteroatoms. The fourth-order valence-corrected chi connectivity index (χ4v) is 1.62. The van der Waals surface area contributed by atoms with Gasteiger partial charge in [-0.1, -0.05) is 0 Å². The smallest absolute Gasteiger partial charge is 0.235 e. The quantitative estimate of drug-likeness (QED) is 0.677. The van der Waals surface area contributed by atoms with Crippen LogP contribution in [0.25, 0.3) is 0 Å². The van der Waals surface area contributed by atoms with Crippen molar-refractivity contribution < 1.29 is 26.0 Å². The molecule has 96 valence electrons. The van der Waals surface area contributed by atoms with E-state index in [1.54, 1.807) is 0 Å². The summed E-state index contributed by atoms with van der Waals surface area (Å²) in [4.78, 5) is 0. The molecular formula is C9H9F4NO2S. The van der Waals surface area contributed by atoms with Crippen LogP contribution in [0.15, 0.2) is 6.07 Å². The Morgan fingerprint density at radius 1 is 1.06 bits per heavy atom. The average molecular weight is 271 g/mol. The van der Waals surface area contributed by atoms with Crippen molar-refractivity contribution in [3.05, 3.63) is 29.3 Å². The average Bonchev–Trinajstić information content (AvgIpc) is 2.21. The summed E-state index contributed by atoms with van der Waals surface area (Å²) in [6.07, 6.45) is 0. The minimum atomic E-state index is -4.09. The second-order valence-electron chi connectivity index (χ2n) is 3.54. The Balaban J connectivity index is 3.34. The number of anilines is 1. The summed E-state index contributed by atoms with van der Waals surface area (Å²) in [7, 11) is -4.09. The molecule has 0 saturated heterocycles. The van der Waals surface area contributed by atoms with Crippen LogP contribution in [0.3, 0.4) is 0 Å². The topological polar surface area (TPSA) is 46.2 Å². The predicted octanol–water partition coefficient (Wildman–Crippen LogP) is 2.39. The Morgan fingerprint density at radius 2 is 1.47 bits per heavy atom. The van der Waals surface area contributed by atoms with Crippen molar-refractivity contribution in [3.8, 4) is 0 Å². The molecule has 0 radical (unpaired) electrons. The Hall–Kier alpha value is -1.31. The van der Waals surface area contributed by atoms with E-state index in [-0.39, 0.29) is 6.07 Å². The zero-order valence-corrected chi connectivity index (χ0v) is 9.71. The lowest BCUT2D eigenvalue weighted by Crippen LogP contribution is -2.24. The van der Waals surface area contributed by atoms with Crippen molar-refractivity contribution in [1.82, 2.24) is 0 Å². The molecule has 0 fully saturated rings. The van der Waals surface area contributed by atoms with Crippen LogP contribution in [0, 0.1) is 23.3 Å². The van der Waals surface area contributed by atoms with E-state index in [2.05, 4.69) is 0 Å². The standard InChI is InChI=1S/C9H9F4NO2S/c1-4(2)17(15,16)14-9-7(12)5(10)3-6(11)8(9)13/h3-4,14H,1-2H3. The molecule has 0 bridgehead atoms. The van der Waals surface area contributed by atoms with Crippen LogP contribution in [-0.2, 0) is 10.0 Å². The third kappa shape index (κ3) is 2.68. The highest BCUT2D eigenvalue weighted by molar-refractivity contribution is 7.93. The van der Waals surface area contributed by atoms with Crippen LogP contribution in [0.4, 0.5) is 23.2 Å². The van der Waals surface area contributed by atoms with Crippen LogP contribution < -0.4 is 4.72 Å². The van der Waals surface area contributed by atoms with E-state index in [1.807, 2.05) is 0 Å². The number of sulfonamides is 1. The second-order valence-corrected chi connectivity index (χ2v) is 5.78. The second kappa shape index (κ2) is 4.52. The Kier molecular flexibility index (Phi) is 3.65. The lowest BCUT2D eigenvalue weighted by Gasteiger charge is -2.12. The van der Waals surface area contributed by atoms with Gasteiger partial charge in [0.2, 0.25) is 10.0 Å². The summed E-state index contributed by atoms with van der Waals surface area (Å²) in [6, 6.07) is -0.00214. The minimum Gasteiger partial charge on any atom is -0.277 e. The highest BCUT2D eigenvalue weighted by Crippen LogP contribution is 2.25. The summed E-state index contributed by atoms with van der Waals surface area (Å²) in [5.41, 5.74) is -1.35. The molecule has 0 amide bonds. The number of nitrogens with one attached hydrogen (secondary N) is 1. The van der Waals surface area contributed by atoms with E-state index in [1.165, 1.54) is 18.6 Å². The van der Waals surface area contributed by atoms with Gasteiger partial charge in [0.1, 0.15) is 5.69 Å². The number of hydrogen-bond acceptors (Lipinski definition) is 2. The van der Waals surface area contributed by atoms with Crippen molar-refractivity contribution in [2.45, 2.75) is 19.1 Å². The molecule has 3 nitrogen and oxygen atoms in total. The first kappa shape index (κ1) is 13.8. The van der Waals surface area contributed by atoms with Crippen molar-refractivity contribution in [2.24, 2.45) is 0 Å². The molecule has 1 aromatic rings. The van der Waals surface area contributed by atoms with E-state index in [9.17, 15) is 26.0 Å². The van der Waals surface area contributed by atoms with Gasteiger partial charge in [-0.3, -0.25) is 4.72 Å². The first-order valence-corrected chi connectivity index (χ1v) is 6.06. The van der Waals surface area contributed by atoms with Gasteiger partial charge >= 0.3 is 0 Å². The van der Waals surface area contributed by atoms with Crippen LogP contribution in [0.2, 0.25) is 0 Å². The normalized spacial score (nSPS) is 11.9. The molecule has 0 aliphatic heterocycles. The molecule has 0 saturated carbocycles. The summed E-state index contributed by atoms with van der Waals surface area (Å²) in [5, 5.41) is -1.01. The van der Waals surface area contributed by atoms with Crippen molar-refractivity contribution >= 4 is 15.7 Å². The predicted molar refractivity (Wildman–Crippen MR) is 54.0 cm³/mol. The fraction of sp³-hybridized carbons (Fsp3) is 0.333. The molecule has 1 N–H and O–H groups in total. The van der Waals surface area contributed by atoms with E-state index >= 15 is 0 Å². The monoisotopic (exact) mass is 271 g/mol. The molecule has 0 aliphatic rings. The SMILES string of the molecule is CC(C)S(=O)(=O)Nc1c(F)c(F)cc(F)c1F. The molecule has 1 rings (SSSR count). The van der Waals surface area contributed by atoms with Crippen molar-refractivity contribution in [2.75, 3.05) is 4.72 Å². The van der Waals surface area contributed by atoms with Crippen LogP contribution >= 0.6 is 0 Å². The lowest BCUT2D eigenvalue weighted by atomic mass is 10.3. The van der Waals surface area contributed by atoms with Gasteiger partial charge in [-0.25, -0.2) is 26.0 Å². The molecule has 0 spiro atoms. The van der Waals surface area contributed by atoms with Crippen molar-refractivity contribution in [1.29, 1.82) is 0 Å². The van der Waals surface area contributed by atoms with E-state index in [0.29, 0.717) is 0 Å². The highest BCUT2D eigenvalue weighted by atomic mass is 32.2. The Morgan fingerprint density at radius 3 is 1.82 bits per heavy atom. The van der Waals surface area contributed by atoms with Crippen LogP contribution in [0.1, 0.15) is 13.8 Å². The molecule has 0 heterocycles. The molecule has 0 atom stereocenters. The first-order valence-electron chi connectivity index (χ1n) is 4.51. The van der Waals surface area contributed by atoms with Crippen LogP contribution in [-0.4, -0.2) is 13.7 Å². The number of hydrogen-bond donors (Lipinski definition) is 1. The summed E-state index contributed by atoms with van der Waals surface area (Å²) >= 11 is 0. The molecule has 1 aromatic carbocycles. The van der Waals surface area contributed by atoms with E-state index < -0.39 is 44.2 Å². The minimum absolute atomic E-state index is 0.00214. The summed E-state index contributed by atoms with van der Waals surface area (Å²) < 4.78 is 76.0. The van der Waals surface area contributed by atoms with Gasteiger partial charge in [0, 0.05) is 6.07 Å². The third-order valence-electron chi connectivity index (χ3n) is 1.98. The molecule has 0 aliphatic carbocycles. The molecule has 0 aromatic heterocycles. The Bertz CT molecular complexity index is 516. The zero-order valence-electron chi connectivity index (χ0n) is 8.89. The maximum atomic E-state index is 13.1. The van der Waals surface area contributed by atoms with Gasteiger partial charge in [0.15, 0.2) is 23.3 Å². The molecule has 17 heavy (non-hydrogen) atoms. The molecule has 0 unspecified atom stereocenters. The lowest BCUT2D eigenvalue weighted by molar-refractivity contribution is 0.459. The van der Waals surface area contributed by atoms with Gasteiger partial charge < -0.3 is 0 Å². The van der Waals surface area contributed by atoms with Gasteiger partial charge in [-0.2, -0.15) is 0 Å². The summed E-state index contributed by atoms with van der Waals surface area (Å²) in [6.45, 7) is 2.49. The van der Waals surface area contributed by atoms with Gasteiger partial charge in [-0.15, -0.1) is 0 Å². The number of halogens is 4. The number of rotatable bonds is 3. The Labute approximate surface area is 95.5 Å². The van der Waals surface area contributed by atoms with Crippen LogP contribution in [0.5, 0.6) is 0 Å². The van der Waals surface area contributed by atoms with E-state index in [0.717, 1.165) is 0 Å². The molecular weight excluding hydrogens is 262 g/mol. The highest BCUT2D eigenvalue weighted by Gasteiger charge is 2.24.